The van der Waals surface area contributed by atoms with Crippen LogP contribution in [-0.4, -0.2) is 511 Å². The maximum Gasteiger partial charge on any atom is 0.306 e. The fourth-order valence-corrected chi connectivity index (χ4v) is 23.3. The summed E-state index contributed by atoms with van der Waals surface area (Å²) in [6.45, 7) is 2.79. The van der Waals surface area contributed by atoms with Crippen LogP contribution in [0.15, 0.2) is 0 Å². The summed E-state index contributed by atoms with van der Waals surface area (Å²) in [4.78, 5) is 82.0. The SMILES string of the molecule is CCCSCC1O[C@@H]2O[C@@H]3C(CSCCC(=O)OC)O[C@H](O[C@@H]4C(CSCCC(=O)OC)O[C@H](O[C@@H]5C(CSCCC(=O)OC)O[C@H](O[C@@H]6C(CSCCCOC=O)O[C@H](O[C@@H]7C(O)[C@@H](OC(CSCCCOC=O)[C@H]7O)O[C@@H]7C(CSCCCOC=O)O[C@H](O[C@@H]8C(CSCCCOC=O)O[C@H](O[C@H]1[C@H](O)C2O)C(O)[C@H]8O)C(O)[C@H]7O)C(O)[C@H]6O)C(O)[C@H]5O)C(O)[C@H]4O)C(O)[C@H]3O. The predicted molar refractivity (Wildman–Crippen MR) is 470 cm³/mol. The van der Waals surface area contributed by atoms with Gasteiger partial charge in [-0.2, -0.15) is 94.1 Å². The van der Waals surface area contributed by atoms with Crippen molar-refractivity contribution < 1.29 is 224 Å². The zero-order valence-electron chi connectivity index (χ0n) is 73.4. The molecular formula is C79H128O46S8. The standard InChI is InChI=1S/C79H128O46S8/c1-5-17-126-26-38-64-49(88)56(95)72(111-38)121-67-42(30-131-22-10-45(84)103-2)115-76(59(98)52(67)91)123-69-44(32-133-24-12-47(86)105-4)116-77(60(99)53(69)92)122-68-43(31-132-23-11-46(85)104-3)114-75(58(97)51(68)90)120-66-40(28-129-20-8-15-108-35-82)117-78(62(101)55(66)94)125-71-48(87)37(25-127-18-6-13-106-33-80)110-79(63(71)102)124-70-41(29-130-21-9-16-109-36-83)113-74(61(100)54(70)93)119-65-39(27-128-19-7-14-107-34-81)112-73(118-64)57(96)50(65)89/h33-44,48-79,87-102H,5-32H2,1-4H3/t37?,38?,39?,40?,41?,42?,43?,44?,48-,49-,50-,51-,52-,53-,54-,55-,56?,57?,58?,59?,60?,61?,62?,63?,64-,65-,66-,67-,68-,69-,70-,71+,72-,73-,74-,75-,76-,77-,78-,79+/m1/s1. The van der Waals surface area contributed by atoms with E-state index in [1.165, 1.54) is 56.6 Å². The second-order valence-electron chi connectivity index (χ2n) is 31.9. The molecule has 16 N–H and O–H groups in total. The molecule has 54 heteroatoms. The molecule has 26 fully saturated rings. The fraction of sp³-hybridized carbons (Fsp3) is 0.911. The molecule has 0 spiro atoms. The van der Waals surface area contributed by atoms with Gasteiger partial charge < -0.3 is 191 Å². The maximum atomic E-state index is 12.7. The van der Waals surface area contributed by atoms with Crippen LogP contribution in [0.5, 0.6) is 0 Å². The molecule has 0 radical (unpaired) electrons. The van der Waals surface area contributed by atoms with Crippen molar-refractivity contribution in [2.75, 3.05) is 140 Å². The van der Waals surface area contributed by atoms with Gasteiger partial charge >= 0.3 is 17.9 Å². The van der Waals surface area contributed by atoms with Gasteiger partial charge in [-0.05, 0) is 60.9 Å². The molecule has 16 bridgehead atoms. The van der Waals surface area contributed by atoms with Gasteiger partial charge in [-0.15, -0.1) is 0 Å². The fourth-order valence-electron chi connectivity index (χ4n) is 15.5. The zero-order chi connectivity index (χ0) is 96.4. The lowest BCUT2D eigenvalue weighted by Gasteiger charge is -2.50. The molecule has 16 unspecified atom stereocenters. The Morgan fingerprint density at radius 2 is 0.414 bits per heavy atom. The largest absolute Gasteiger partial charge is 0.469 e. The molecule has 0 aromatic carbocycles. The molecule has 26 rings (SSSR count). The summed E-state index contributed by atoms with van der Waals surface area (Å²) in [5, 5.41) is 199. The minimum absolute atomic E-state index is 0.00555. The second kappa shape index (κ2) is 59.8. The molecule has 40 atom stereocenters. The minimum atomic E-state index is -2.25. The third-order valence-corrected chi connectivity index (χ3v) is 31.6. The van der Waals surface area contributed by atoms with Crippen molar-refractivity contribution in [3.05, 3.63) is 0 Å². The van der Waals surface area contributed by atoms with E-state index in [1.54, 1.807) is 0 Å². The van der Waals surface area contributed by atoms with E-state index in [0.717, 1.165) is 58.8 Å². The molecule has 133 heavy (non-hydrogen) atoms. The second-order valence-corrected chi connectivity index (χ2v) is 41.1. The van der Waals surface area contributed by atoms with Crippen LogP contribution in [0.4, 0.5) is 0 Å². The van der Waals surface area contributed by atoms with E-state index < -0.39 is 264 Å². The van der Waals surface area contributed by atoms with Crippen LogP contribution in [0.1, 0.15) is 58.3 Å². The summed E-state index contributed by atoms with van der Waals surface area (Å²) in [6.07, 6.45) is -75.2. The van der Waals surface area contributed by atoms with Crippen LogP contribution in [0.25, 0.3) is 0 Å². The van der Waals surface area contributed by atoms with E-state index in [0.29, 0.717) is 18.6 Å². The number of carbonyl (C=O) groups is 7. The molecule has 0 amide bonds. The minimum Gasteiger partial charge on any atom is -0.469 e. The normalized spacial score (nSPS) is 40.2. The number of thioether (sulfide) groups is 8. The molecule has 0 saturated carbocycles. The van der Waals surface area contributed by atoms with Crippen molar-refractivity contribution in [3.63, 3.8) is 0 Å². The highest BCUT2D eigenvalue weighted by Gasteiger charge is 2.61. The van der Waals surface area contributed by atoms with Crippen molar-refractivity contribution in [2.24, 2.45) is 0 Å². The van der Waals surface area contributed by atoms with Gasteiger partial charge in [-0.25, -0.2) is 0 Å². The van der Waals surface area contributed by atoms with Crippen LogP contribution in [0.3, 0.4) is 0 Å². The van der Waals surface area contributed by atoms with Gasteiger partial charge in [-0.1, -0.05) is 6.92 Å². The molecular weight excluding hydrogens is 1940 g/mol. The van der Waals surface area contributed by atoms with E-state index in [-0.39, 0.29) is 177 Å². The summed E-state index contributed by atoms with van der Waals surface area (Å²) in [7, 11) is 3.51. The van der Waals surface area contributed by atoms with Crippen LogP contribution in [0, 0.1) is 0 Å². The number of esters is 3. The summed E-state index contributed by atoms with van der Waals surface area (Å²) in [6, 6.07) is 0. The van der Waals surface area contributed by atoms with Gasteiger partial charge in [0.25, 0.3) is 25.9 Å². The first-order chi connectivity index (χ1) is 64.1. The third kappa shape index (κ3) is 32.9. The Morgan fingerprint density at radius 1 is 0.233 bits per heavy atom. The van der Waals surface area contributed by atoms with Crippen molar-refractivity contribution in [2.45, 2.75) is 304 Å². The van der Waals surface area contributed by atoms with Crippen molar-refractivity contribution in [3.8, 4) is 0 Å². The first-order valence-electron chi connectivity index (χ1n) is 43.5. The molecule has 0 aromatic rings. The molecule has 0 aliphatic carbocycles. The first kappa shape index (κ1) is 114. The van der Waals surface area contributed by atoms with E-state index in [2.05, 4.69) is 0 Å². The van der Waals surface area contributed by atoms with Crippen molar-refractivity contribution >= 4 is 138 Å². The Balaban J connectivity index is 1.13. The Morgan fingerprint density at radius 3 is 0.617 bits per heavy atom. The Bertz CT molecular complexity index is 3360. The van der Waals surface area contributed by atoms with Gasteiger partial charge in [0.15, 0.2) is 50.3 Å². The average molecular weight is 2070 g/mol. The number of carbonyl (C=O) groups excluding carboxylic acids is 7. The van der Waals surface area contributed by atoms with Crippen LogP contribution < -0.4 is 0 Å². The van der Waals surface area contributed by atoms with Gasteiger partial charge in [0, 0.05) is 63.3 Å². The Labute approximate surface area is 801 Å². The molecule has 26 aliphatic rings. The lowest BCUT2D eigenvalue weighted by Crippen LogP contribution is -2.68. The van der Waals surface area contributed by atoms with Crippen LogP contribution in [-0.2, 0) is 143 Å². The van der Waals surface area contributed by atoms with E-state index >= 15 is 0 Å². The van der Waals surface area contributed by atoms with Gasteiger partial charge in [0.05, 0.1) is 116 Å². The van der Waals surface area contributed by atoms with Crippen LogP contribution >= 0.6 is 94.1 Å². The van der Waals surface area contributed by atoms with Gasteiger partial charge in [0.1, 0.15) is 146 Å². The molecule has 0 aromatic heterocycles. The number of ether oxygens (including phenoxy) is 23. The molecule has 26 saturated heterocycles. The number of hydrogen-bond acceptors (Lipinski definition) is 54. The molecule has 26 aliphatic heterocycles. The van der Waals surface area contributed by atoms with Gasteiger partial charge in [0.2, 0.25) is 0 Å². The number of aliphatic hydroxyl groups is 16. The number of hydrogen-bond donors (Lipinski definition) is 16. The molecule has 768 valence electrons. The summed E-state index contributed by atoms with van der Waals surface area (Å²) in [5.41, 5.74) is 0. The first-order valence-corrected chi connectivity index (χ1v) is 52.7. The summed E-state index contributed by atoms with van der Waals surface area (Å²) >= 11 is 9.09. The highest BCUT2D eigenvalue weighted by atomic mass is 32.2. The van der Waals surface area contributed by atoms with E-state index in [1.807, 2.05) is 6.92 Å². The average Bonchev–Trinajstić information content (AvgIpc) is 0.787. The maximum absolute atomic E-state index is 12.7. The lowest BCUT2D eigenvalue weighted by molar-refractivity contribution is -0.392. The van der Waals surface area contributed by atoms with E-state index in [4.69, 9.17) is 109 Å². The molecule has 46 nitrogen and oxygen atoms in total. The smallest absolute Gasteiger partial charge is 0.306 e. The third-order valence-electron chi connectivity index (χ3n) is 22.6. The zero-order valence-corrected chi connectivity index (χ0v) is 79.9. The van der Waals surface area contributed by atoms with Crippen LogP contribution in [0.2, 0.25) is 0 Å². The Kier molecular flexibility index (Phi) is 51.4. The van der Waals surface area contributed by atoms with Crippen molar-refractivity contribution in [1.29, 1.82) is 0 Å². The topological polar surface area (TPSA) is 655 Å². The highest BCUT2D eigenvalue weighted by molar-refractivity contribution is 8.00. The summed E-state index contributed by atoms with van der Waals surface area (Å²) < 4.78 is 137. The number of rotatable bonds is 47. The summed E-state index contributed by atoms with van der Waals surface area (Å²) in [5.74, 6) is -1.68. The van der Waals surface area contributed by atoms with Gasteiger partial charge in [-0.3, -0.25) is 33.6 Å². The monoisotopic (exact) mass is 2070 g/mol. The highest BCUT2D eigenvalue weighted by Crippen LogP contribution is 2.43. The predicted octanol–water partition coefficient (Wildman–Crippen LogP) is -6.13. The van der Waals surface area contributed by atoms with Crippen molar-refractivity contribution in [1.82, 2.24) is 0 Å². The van der Waals surface area contributed by atoms with E-state index in [9.17, 15) is 115 Å². The number of aliphatic hydroxyl groups excluding tert-OH is 16. The molecule has 26 heterocycles. The Hall–Kier alpha value is -2.19. The number of methoxy groups -OCH3 is 3. The quantitative estimate of drug-likeness (QED) is 0.0117. The lowest BCUT2D eigenvalue weighted by atomic mass is 9.95.